The van der Waals surface area contributed by atoms with Gasteiger partial charge in [0.15, 0.2) is 12.6 Å². The highest BCUT2D eigenvalue weighted by Crippen LogP contribution is 2.36. The van der Waals surface area contributed by atoms with Gasteiger partial charge < -0.3 is 43.0 Å². The fourth-order valence-corrected chi connectivity index (χ4v) is 5.71. The molecule has 0 radical (unpaired) electrons. The number of carbonyl (C=O) groups is 2. The van der Waals surface area contributed by atoms with Gasteiger partial charge in [-0.1, -0.05) is 43.4 Å². The van der Waals surface area contributed by atoms with E-state index in [2.05, 4.69) is 0 Å². The molecule has 12 heteroatoms. The molecule has 0 unspecified atom stereocenters. The Morgan fingerprint density at radius 2 is 1.78 bits per heavy atom. The second kappa shape index (κ2) is 17.5. The van der Waals surface area contributed by atoms with Crippen molar-refractivity contribution in [2.75, 3.05) is 39.1 Å². The summed E-state index contributed by atoms with van der Waals surface area (Å²) >= 11 is 0. The normalized spacial score (nSPS) is 24.7. The first-order valence-electron chi connectivity index (χ1n) is 17.2. The quantitative estimate of drug-likeness (QED) is 0.161. The number of nitrogens with zero attached hydrogens (tertiary/aromatic N) is 1. The molecule has 0 bridgehead atoms. The number of rotatable bonds is 10. The molecule has 2 heterocycles. The van der Waals surface area contributed by atoms with Gasteiger partial charge in [0.2, 0.25) is 0 Å². The summed E-state index contributed by atoms with van der Waals surface area (Å²) in [7, 11) is 3.09. The summed E-state index contributed by atoms with van der Waals surface area (Å²) in [6, 6.07) is 10.9. The number of methoxy groups -OCH3 is 2. The smallest absolute Gasteiger partial charge is 0.414 e. The molecule has 1 amide bonds. The maximum absolute atomic E-state index is 14.0. The number of fused-ring (bicyclic) bond motifs is 2. The molecule has 51 heavy (non-hydrogen) atoms. The SMILES string of the molecule is COCOc1cc(N(CCO)C(=O)OC(C)(C)C)cc2c1C(=O)O[C@@H](C)[C@H](C)/C=C\[C@@H](OCc1ccc(OC)cc1)[C@H]1OC(C)(C)O[C@H]1C/C=C/2. The van der Waals surface area contributed by atoms with E-state index in [0.29, 0.717) is 24.3 Å². The Bertz CT molecular complexity index is 1530. The van der Waals surface area contributed by atoms with Crippen molar-refractivity contribution in [3.05, 3.63) is 71.3 Å². The number of hydrogen-bond acceptors (Lipinski definition) is 11. The summed E-state index contributed by atoms with van der Waals surface area (Å²) in [6.07, 6.45) is 5.37. The maximum Gasteiger partial charge on any atom is 0.414 e. The predicted molar refractivity (Wildman–Crippen MR) is 192 cm³/mol. The highest BCUT2D eigenvalue weighted by atomic mass is 16.8. The predicted octanol–water partition coefficient (Wildman–Crippen LogP) is 6.67. The minimum atomic E-state index is -0.880. The molecular weight excluding hydrogens is 658 g/mol. The fourth-order valence-electron chi connectivity index (χ4n) is 5.71. The van der Waals surface area contributed by atoms with E-state index in [1.807, 2.05) is 70.2 Å². The van der Waals surface area contributed by atoms with Crippen LogP contribution in [0.1, 0.15) is 76.4 Å². The van der Waals surface area contributed by atoms with Gasteiger partial charge in [0.25, 0.3) is 0 Å². The fraction of sp³-hybridized carbons (Fsp3) is 0.538. The van der Waals surface area contributed by atoms with Crippen LogP contribution in [0.25, 0.3) is 6.08 Å². The second-order valence-corrected chi connectivity index (χ2v) is 14.1. The molecule has 280 valence electrons. The zero-order valence-electron chi connectivity index (χ0n) is 31.2. The number of aliphatic hydroxyl groups is 1. The van der Waals surface area contributed by atoms with Gasteiger partial charge in [0, 0.05) is 19.1 Å². The van der Waals surface area contributed by atoms with Gasteiger partial charge in [-0.2, -0.15) is 0 Å². The van der Waals surface area contributed by atoms with Crippen molar-refractivity contribution in [2.24, 2.45) is 5.92 Å². The molecule has 12 nitrogen and oxygen atoms in total. The third-order valence-electron chi connectivity index (χ3n) is 8.35. The van der Waals surface area contributed by atoms with Gasteiger partial charge in [0.1, 0.15) is 41.0 Å². The van der Waals surface area contributed by atoms with Crippen molar-refractivity contribution in [3.63, 3.8) is 0 Å². The number of benzene rings is 2. The van der Waals surface area contributed by atoms with Crippen molar-refractivity contribution >= 4 is 23.8 Å². The average molecular weight is 712 g/mol. The van der Waals surface area contributed by atoms with E-state index in [9.17, 15) is 14.7 Å². The molecule has 5 atom stereocenters. The Labute approximate surface area is 301 Å². The third-order valence-corrected chi connectivity index (χ3v) is 8.35. The standard InChI is InChI=1S/C39H53NO11/c1-25-13-18-31(46-23-27-14-16-30(45-9)17-15-27)35-32(49-39(6,7)50-35)12-10-11-28-21-29(40(19-20-41)37(43)51-38(3,4)5)22-33(47-24-44-8)34(28)36(42)48-26(25)2/h10-11,13-18,21-22,25-26,31-32,35,41H,12,19-20,23-24H2,1-9H3/b11-10+,18-13-/t25-,26+,31-,32+,35-/m1/s1. The van der Waals surface area contributed by atoms with Crippen LogP contribution >= 0.6 is 0 Å². The molecule has 4 rings (SSSR count). The molecule has 0 aromatic heterocycles. The first-order valence-corrected chi connectivity index (χ1v) is 17.2. The van der Waals surface area contributed by atoms with Crippen molar-refractivity contribution in [1.82, 2.24) is 0 Å². The lowest BCUT2D eigenvalue weighted by atomic mass is 9.98. The Morgan fingerprint density at radius 1 is 1.06 bits per heavy atom. The lowest BCUT2D eigenvalue weighted by Crippen LogP contribution is -2.38. The highest BCUT2D eigenvalue weighted by molar-refractivity contribution is 5.99. The van der Waals surface area contributed by atoms with Crippen LogP contribution in [0.15, 0.2) is 54.6 Å². The Balaban J connectivity index is 1.77. The Kier molecular flexibility index (Phi) is 13.7. The molecule has 0 aliphatic carbocycles. The van der Waals surface area contributed by atoms with E-state index in [1.165, 1.54) is 12.0 Å². The molecule has 0 saturated carbocycles. The maximum atomic E-state index is 14.0. The topological polar surface area (TPSA) is 131 Å². The summed E-state index contributed by atoms with van der Waals surface area (Å²) < 4.78 is 47.4. The molecule has 2 aromatic carbocycles. The van der Waals surface area contributed by atoms with Crippen molar-refractivity contribution in [1.29, 1.82) is 0 Å². The van der Waals surface area contributed by atoms with Crippen LogP contribution in [0.4, 0.5) is 10.5 Å². The summed E-state index contributed by atoms with van der Waals surface area (Å²) in [5.41, 5.74) is 1.10. The molecule has 2 aliphatic heterocycles. The molecule has 1 N–H and O–H groups in total. The summed E-state index contributed by atoms with van der Waals surface area (Å²) in [5, 5.41) is 9.89. The molecular formula is C39H53NO11. The number of aliphatic hydroxyl groups excluding tert-OH is 1. The molecule has 1 saturated heterocycles. The van der Waals surface area contributed by atoms with Crippen molar-refractivity contribution in [2.45, 2.75) is 97.3 Å². The lowest BCUT2D eigenvalue weighted by Gasteiger charge is -2.28. The number of cyclic esters (lactones) is 1. The number of anilines is 1. The minimum absolute atomic E-state index is 0.0611. The van der Waals surface area contributed by atoms with Gasteiger partial charge in [-0.05, 0) is 77.3 Å². The first kappa shape index (κ1) is 39.8. The zero-order valence-corrected chi connectivity index (χ0v) is 31.2. The van der Waals surface area contributed by atoms with Crippen molar-refractivity contribution < 1.29 is 52.6 Å². The van der Waals surface area contributed by atoms with Crippen LogP contribution in [-0.4, -0.2) is 87.1 Å². The van der Waals surface area contributed by atoms with Gasteiger partial charge in [-0.25, -0.2) is 9.59 Å². The number of amides is 1. The first-order chi connectivity index (χ1) is 24.1. The van der Waals surface area contributed by atoms with Crippen LogP contribution in [-0.2, 0) is 35.0 Å². The van der Waals surface area contributed by atoms with E-state index in [1.54, 1.807) is 46.1 Å². The largest absolute Gasteiger partial charge is 0.497 e. The van der Waals surface area contributed by atoms with E-state index >= 15 is 0 Å². The van der Waals surface area contributed by atoms with E-state index in [-0.39, 0.29) is 37.2 Å². The monoisotopic (exact) mass is 711 g/mol. The number of carbonyl (C=O) groups excluding carboxylic acids is 2. The van der Waals surface area contributed by atoms with E-state index < -0.39 is 47.9 Å². The molecule has 2 aromatic rings. The molecule has 0 spiro atoms. The van der Waals surface area contributed by atoms with Crippen LogP contribution < -0.4 is 14.4 Å². The summed E-state index contributed by atoms with van der Waals surface area (Å²) in [4.78, 5) is 28.6. The highest BCUT2D eigenvalue weighted by Gasteiger charge is 2.44. The van der Waals surface area contributed by atoms with Gasteiger partial charge in [-0.15, -0.1) is 0 Å². The molecule has 2 aliphatic rings. The van der Waals surface area contributed by atoms with Gasteiger partial charge in [-0.3, -0.25) is 4.90 Å². The number of esters is 1. The molecule has 1 fully saturated rings. The number of ether oxygens (including phenoxy) is 8. The van der Waals surface area contributed by atoms with Gasteiger partial charge >= 0.3 is 12.1 Å². The average Bonchev–Trinajstić information content (AvgIpc) is 3.38. The Morgan fingerprint density at radius 3 is 2.43 bits per heavy atom. The van der Waals surface area contributed by atoms with E-state index in [4.69, 9.17) is 37.9 Å². The van der Waals surface area contributed by atoms with Crippen LogP contribution in [0.5, 0.6) is 11.5 Å². The van der Waals surface area contributed by atoms with Crippen LogP contribution in [0.3, 0.4) is 0 Å². The zero-order chi connectivity index (χ0) is 37.3. The summed E-state index contributed by atoms with van der Waals surface area (Å²) in [6.45, 7) is 12.5. The summed E-state index contributed by atoms with van der Waals surface area (Å²) in [5.74, 6) is -0.817. The van der Waals surface area contributed by atoms with Gasteiger partial charge in [0.05, 0.1) is 38.7 Å². The number of hydrogen-bond donors (Lipinski definition) is 1. The second-order valence-electron chi connectivity index (χ2n) is 14.1. The van der Waals surface area contributed by atoms with Crippen molar-refractivity contribution in [3.8, 4) is 11.5 Å². The van der Waals surface area contributed by atoms with E-state index in [0.717, 1.165) is 11.3 Å². The Hall–Kier alpha value is -3.94. The van der Waals surface area contributed by atoms with Crippen LogP contribution in [0, 0.1) is 5.92 Å². The third kappa shape index (κ3) is 11.0. The minimum Gasteiger partial charge on any atom is -0.497 e. The lowest BCUT2D eigenvalue weighted by molar-refractivity contribution is -0.156. The van der Waals surface area contributed by atoms with Crippen LogP contribution in [0.2, 0.25) is 0 Å².